The lowest BCUT2D eigenvalue weighted by Crippen LogP contribution is -2.70. The fourth-order valence-corrected chi connectivity index (χ4v) is 5.85. The van der Waals surface area contributed by atoms with E-state index in [0.717, 1.165) is 12.8 Å². The van der Waals surface area contributed by atoms with Gasteiger partial charge in [-0.3, -0.25) is 34.3 Å². The first-order valence-electron chi connectivity index (χ1n) is 15.1. The highest BCUT2D eigenvalue weighted by Gasteiger charge is 2.60. The lowest BCUT2D eigenvalue weighted by Gasteiger charge is -2.44. The number of guanidine groups is 1. The molecule has 236 valence electrons. The van der Waals surface area contributed by atoms with Gasteiger partial charge >= 0.3 is 0 Å². The van der Waals surface area contributed by atoms with Gasteiger partial charge in [-0.2, -0.15) is 0 Å². The van der Waals surface area contributed by atoms with Crippen LogP contribution in [0, 0.1) is 5.41 Å². The standard InChI is InChI=1S/C27H48N10O5/c1-2-3-7-17-23(40)35-18(14-33-17)21(38)27(10-11-27)37-15-19(24(41)34-16(22(29)39)8-4-5-12-28)36-25(42)20(37)9-6-13-32-26(30)31/h16-20,33H,2-15,28H2,1H3,(H2,29,39)(H,34,41)(H,35,40)(H,36,42)(H4,30,31,32)/t16-,17-,18+,19+,20-/m0/s1. The summed E-state index contributed by atoms with van der Waals surface area (Å²) < 4.78 is 0. The van der Waals surface area contributed by atoms with Crippen LogP contribution in [0.5, 0.6) is 0 Å². The fraction of sp³-hybridized carbons (Fsp3) is 0.778. The first-order chi connectivity index (χ1) is 20.0. The van der Waals surface area contributed by atoms with Crippen LogP contribution in [0.1, 0.15) is 71.1 Å². The Morgan fingerprint density at radius 2 is 1.76 bits per heavy atom. The van der Waals surface area contributed by atoms with Gasteiger partial charge in [0.1, 0.15) is 18.1 Å². The lowest BCUT2D eigenvalue weighted by molar-refractivity contribution is -0.145. The molecule has 5 atom stereocenters. The highest BCUT2D eigenvalue weighted by atomic mass is 16.2. The summed E-state index contributed by atoms with van der Waals surface area (Å²) in [6, 6.07) is -3.73. The molecule has 42 heavy (non-hydrogen) atoms. The van der Waals surface area contributed by atoms with Gasteiger partial charge in [-0.1, -0.05) is 19.8 Å². The van der Waals surface area contributed by atoms with Gasteiger partial charge in [0.15, 0.2) is 11.7 Å². The van der Waals surface area contributed by atoms with Gasteiger partial charge in [-0.15, -0.1) is 0 Å². The Hall–Kier alpha value is -3.30. The summed E-state index contributed by atoms with van der Waals surface area (Å²) in [6.07, 6.45) is 5.95. The van der Waals surface area contributed by atoms with Crippen molar-refractivity contribution < 1.29 is 24.0 Å². The fourth-order valence-electron chi connectivity index (χ4n) is 5.85. The third kappa shape index (κ3) is 8.38. The van der Waals surface area contributed by atoms with Crippen LogP contribution in [0.15, 0.2) is 0 Å². The number of primary amides is 1. The monoisotopic (exact) mass is 592 g/mol. The molecule has 1 saturated carbocycles. The van der Waals surface area contributed by atoms with E-state index in [0.29, 0.717) is 71.0 Å². The molecule has 15 heteroatoms. The minimum Gasteiger partial charge on any atom is -0.370 e. The molecule has 0 unspecified atom stereocenters. The molecule has 2 heterocycles. The second kappa shape index (κ2) is 15.3. The van der Waals surface area contributed by atoms with Crippen molar-refractivity contribution in [1.82, 2.24) is 31.5 Å². The van der Waals surface area contributed by atoms with Crippen molar-refractivity contribution in [3.63, 3.8) is 0 Å². The van der Waals surface area contributed by atoms with Crippen LogP contribution in [0.4, 0.5) is 0 Å². The topological polar surface area (TPSA) is 251 Å². The Labute approximate surface area is 246 Å². The minimum absolute atomic E-state index is 0.0512. The van der Waals surface area contributed by atoms with E-state index < -0.39 is 47.4 Å². The van der Waals surface area contributed by atoms with Crippen molar-refractivity contribution >= 4 is 35.4 Å². The number of amides is 4. The molecule has 3 rings (SSSR count). The number of Topliss-reactive ketones (excluding diaryl/α,β-unsaturated/α-hetero) is 1. The molecule has 0 aromatic heterocycles. The largest absolute Gasteiger partial charge is 0.370 e. The second-order valence-electron chi connectivity index (χ2n) is 11.5. The van der Waals surface area contributed by atoms with Gasteiger partial charge in [0.2, 0.25) is 23.6 Å². The molecule has 4 amide bonds. The predicted molar refractivity (Wildman–Crippen MR) is 156 cm³/mol. The Bertz CT molecular complexity index is 1020. The van der Waals surface area contributed by atoms with E-state index in [9.17, 15) is 24.0 Å². The normalized spacial score (nSPS) is 26.0. The third-order valence-corrected chi connectivity index (χ3v) is 8.36. The Morgan fingerprint density at radius 1 is 1.05 bits per heavy atom. The van der Waals surface area contributed by atoms with Gasteiger partial charge in [-0.25, -0.2) is 0 Å². The van der Waals surface area contributed by atoms with Crippen LogP contribution in [-0.4, -0.2) is 102 Å². The quantitative estimate of drug-likeness (QED) is 0.0479. The molecule has 3 fully saturated rings. The van der Waals surface area contributed by atoms with Crippen molar-refractivity contribution in [2.75, 3.05) is 26.2 Å². The van der Waals surface area contributed by atoms with E-state index in [4.69, 9.17) is 22.6 Å². The first kappa shape index (κ1) is 33.2. The zero-order chi connectivity index (χ0) is 30.9. The maximum absolute atomic E-state index is 14.0. The molecule has 0 aromatic carbocycles. The van der Waals surface area contributed by atoms with E-state index in [1.165, 1.54) is 0 Å². The van der Waals surface area contributed by atoms with E-state index in [2.05, 4.69) is 33.5 Å². The number of nitrogens with one attached hydrogen (secondary N) is 6. The molecule has 15 nitrogen and oxygen atoms in total. The molecular formula is C27H48N10O5. The molecule has 0 bridgehead atoms. The van der Waals surface area contributed by atoms with Crippen molar-refractivity contribution in [2.45, 2.75) is 107 Å². The summed E-state index contributed by atoms with van der Waals surface area (Å²) in [4.78, 5) is 67.2. The number of nitrogens with zero attached hydrogens (tertiary/aromatic N) is 1. The van der Waals surface area contributed by atoms with Crippen LogP contribution in [0.25, 0.3) is 0 Å². The van der Waals surface area contributed by atoms with E-state index >= 15 is 0 Å². The number of hydrogen-bond acceptors (Lipinski definition) is 9. The predicted octanol–water partition coefficient (Wildman–Crippen LogP) is -2.73. The second-order valence-corrected chi connectivity index (χ2v) is 11.5. The highest BCUT2D eigenvalue weighted by Crippen LogP contribution is 2.46. The van der Waals surface area contributed by atoms with Gasteiger partial charge < -0.3 is 43.8 Å². The summed E-state index contributed by atoms with van der Waals surface area (Å²) >= 11 is 0. The Morgan fingerprint density at radius 3 is 2.36 bits per heavy atom. The molecule has 0 radical (unpaired) electrons. The smallest absolute Gasteiger partial charge is 0.244 e. The van der Waals surface area contributed by atoms with Gasteiger partial charge in [0, 0.05) is 19.6 Å². The number of unbranched alkanes of at least 4 members (excludes halogenated alkanes) is 2. The third-order valence-electron chi connectivity index (χ3n) is 8.36. The number of piperazine rings is 2. The Balaban J connectivity index is 1.76. The minimum atomic E-state index is -1.01. The zero-order valence-electron chi connectivity index (χ0n) is 24.5. The van der Waals surface area contributed by atoms with Crippen molar-refractivity contribution in [3.05, 3.63) is 0 Å². The summed E-state index contributed by atoms with van der Waals surface area (Å²) in [5.41, 5.74) is 15.4. The van der Waals surface area contributed by atoms with E-state index in [1.54, 1.807) is 4.90 Å². The average molecular weight is 593 g/mol. The van der Waals surface area contributed by atoms with E-state index in [1.807, 2.05) is 0 Å². The summed E-state index contributed by atoms with van der Waals surface area (Å²) in [5, 5.41) is 21.6. The first-order valence-corrected chi connectivity index (χ1v) is 15.1. The molecule has 1 aliphatic carbocycles. The van der Waals surface area contributed by atoms with Crippen LogP contribution in [0.2, 0.25) is 0 Å². The SMILES string of the molecule is CCCC[C@@H]1NC[C@H](C(=O)C2(N3C[C@H](C(=O)N[C@@H](CCCCN)C(N)=O)NC(=O)[C@@H]3CCCNC(=N)N)CC2)NC1=O. The van der Waals surface area contributed by atoms with E-state index in [-0.39, 0.29) is 30.2 Å². The van der Waals surface area contributed by atoms with Crippen molar-refractivity contribution in [2.24, 2.45) is 17.2 Å². The maximum atomic E-state index is 14.0. The molecule has 3 aliphatic rings. The number of ketones is 1. The molecule has 12 N–H and O–H groups in total. The molecule has 0 aromatic rings. The lowest BCUT2D eigenvalue weighted by atomic mass is 9.92. The number of nitrogens with two attached hydrogens (primary N) is 3. The van der Waals surface area contributed by atoms with Crippen LogP contribution >= 0.6 is 0 Å². The van der Waals surface area contributed by atoms with Crippen LogP contribution < -0.4 is 43.8 Å². The Kier molecular flexibility index (Phi) is 12.1. The van der Waals surface area contributed by atoms with Gasteiger partial charge in [0.25, 0.3) is 0 Å². The molecule has 2 aliphatic heterocycles. The molecule has 0 spiro atoms. The summed E-state index contributed by atoms with van der Waals surface area (Å²) in [6.45, 7) is 3.21. The van der Waals surface area contributed by atoms with Gasteiger partial charge in [-0.05, 0) is 57.9 Å². The van der Waals surface area contributed by atoms with Crippen molar-refractivity contribution in [3.8, 4) is 0 Å². The highest BCUT2D eigenvalue weighted by molar-refractivity contribution is 6.01. The van der Waals surface area contributed by atoms with Crippen LogP contribution in [0.3, 0.4) is 0 Å². The zero-order valence-corrected chi connectivity index (χ0v) is 24.5. The number of carbonyl (C=O) groups excluding carboxylic acids is 5. The summed E-state index contributed by atoms with van der Waals surface area (Å²) in [5.74, 6) is -2.23. The van der Waals surface area contributed by atoms with Crippen LogP contribution in [-0.2, 0) is 24.0 Å². The van der Waals surface area contributed by atoms with Crippen molar-refractivity contribution in [1.29, 1.82) is 5.41 Å². The molecular weight excluding hydrogens is 544 g/mol. The van der Waals surface area contributed by atoms with Gasteiger partial charge in [0.05, 0.1) is 17.6 Å². The maximum Gasteiger partial charge on any atom is 0.244 e. The number of rotatable bonds is 17. The summed E-state index contributed by atoms with van der Waals surface area (Å²) in [7, 11) is 0. The molecule has 2 saturated heterocycles. The number of hydrogen-bond donors (Lipinski definition) is 9. The number of carbonyl (C=O) groups is 5. The average Bonchev–Trinajstić information content (AvgIpc) is 3.76.